The Morgan fingerprint density at radius 1 is 0.926 bits per heavy atom. The Hall–Kier alpha value is -2.70. The number of rotatable bonds is 3. The fourth-order valence-corrected chi connectivity index (χ4v) is 4.74. The smallest absolute Gasteiger partial charge is 0.254 e. The van der Waals surface area contributed by atoms with Crippen LogP contribution in [0.2, 0.25) is 0 Å². The predicted octanol–water partition coefficient (Wildman–Crippen LogP) is 1.93. The molecule has 0 aliphatic carbocycles. The number of nitrogens with zero attached hydrogens (tertiary/aromatic N) is 2. The molecule has 7 nitrogen and oxygen atoms in total. The Balaban J connectivity index is 1.48. The number of hydrogen-bond donors (Lipinski definition) is 1. The number of likely N-dealkylation sites (tertiary alicyclic amines) is 1. The minimum Gasteiger partial charge on any atom is -0.333 e. The van der Waals surface area contributed by atoms with Gasteiger partial charge in [-0.15, -0.1) is 0 Å². The predicted molar refractivity (Wildman–Crippen MR) is 97.8 cm³/mol. The van der Waals surface area contributed by atoms with Crippen LogP contribution in [0.4, 0.5) is 5.69 Å². The Kier molecular flexibility index (Phi) is 4.45. The molecule has 2 bridgehead atoms. The maximum absolute atomic E-state index is 13.0. The van der Waals surface area contributed by atoms with Crippen molar-refractivity contribution in [1.82, 2.24) is 9.80 Å². The number of hydrogen-bond acceptors (Lipinski definition) is 4. The van der Waals surface area contributed by atoms with Gasteiger partial charge in [0.15, 0.2) is 0 Å². The maximum atomic E-state index is 13.0. The summed E-state index contributed by atoms with van der Waals surface area (Å²) in [5.41, 5.74) is 1.25. The maximum Gasteiger partial charge on any atom is 0.254 e. The van der Waals surface area contributed by atoms with Crippen molar-refractivity contribution in [3.63, 3.8) is 0 Å². The average Bonchev–Trinajstić information content (AvgIpc) is 3.10. The molecule has 0 saturated carbocycles. The molecule has 1 N–H and O–H groups in total. The lowest BCUT2D eigenvalue weighted by Gasteiger charge is -2.41. The number of amides is 4. The monoisotopic (exact) mass is 369 g/mol. The number of carbonyl (C=O) groups excluding carboxylic acids is 4. The van der Waals surface area contributed by atoms with E-state index in [0.29, 0.717) is 36.9 Å². The molecular weight excluding hydrogens is 346 g/mol. The van der Waals surface area contributed by atoms with Crippen LogP contribution in [0.15, 0.2) is 24.3 Å². The van der Waals surface area contributed by atoms with Crippen LogP contribution in [0, 0.1) is 0 Å². The summed E-state index contributed by atoms with van der Waals surface area (Å²) in [6.07, 6.45) is 3.79. The Bertz CT molecular complexity index is 774. The summed E-state index contributed by atoms with van der Waals surface area (Å²) in [6, 6.07) is 6.97. The van der Waals surface area contributed by atoms with E-state index in [0.717, 1.165) is 12.8 Å². The van der Waals surface area contributed by atoms with E-state index in [2.05, 4.69) is 5.32 Å². The highest BCUT2D eigenvalue weighted by atomic mass is 16.2. The van der Waals surface area contributed by atoms with Gasteiger partial charge in [0.1, 0.15) is 0 Å². The third kappa shape index (κ3) is 3.22. The van der Waals surface area contributed by atoms with Crippen molar-refractivity contribution in [3.8, 4) is 0 Å². The van der Waals surface area contributed by atoms with Gasteiger partial charge in [-0.3, -0.25) is 24.1 Å². The molecule has 0 spiro atoms. The first kappa shape index (κ1) is 17.7. The lowest BCUT2D eigenvalue weighted by molar-refractivity contribution is -0.142. The zero-order valence-electron chi connectivity index (χ0n) is 15.3. The van der Waals surface area contributed by atoms with Gasteiger partial charge in [0, 0.05) is 49.1 Å². The van der Waals surface area contributed by atoms with Gasteiger partial charge in [-0.1, -0.05) is 0 Å². The highest BCUT2D eigenvalue weighted by Crippen LogP contribution is 2.39. The van der Waals surface area contributed by atoms with E-state index in [9.17, 15) is 19.2 Å². The first-order chi connectivity index (χ1) is 12.9. The van der Waals surface area contributed by atoms with Crippen LogP contribution in [-0.4, -0.2) is 51.6 Å². The molecule has 2 unspecified atom stereocenters. The second-order valence-corrected chi connectivity index (χ2v) is 7.64. The zero-order chi connectivity index (χ0) is 19.1. The van der Waals surface area contributed by atoms with E-state index in [1.54, 1.807) is 24.3 Å². The first-order valence-corrected chi connectivity index (χ1v) is 9.49. The number of nitrogens with one attached hydrogen (secondary N) is 1. The van der Waals surface area contributed by atoms with E-state index < -0.39 is 0 Å². The minimum atomic E-state index is -0.153. The number of fused-ring (bicyclic) bond motifs is 2. The van der Waals surface area contributed by atoms with Gasteiger partial charge in [-0.2, -0.15) is 0 Å². The molecule has 3 saturated heterocycles. The van der Waals surface area contributed by atoms with E-state index >= 15 is 0 Å². The Labute approximate surface area is 157 Å². The van der Waals surface area contributed by atoms with Crippen molar-refractivity contribution < 1.29 is 19.2 Å². The van der Waals surface area contributed by atoms with Crippen molar-refractivity contribution in [2.45, 2.75) is 63.6 Å². The molecule has 3 aliphatic rings. The van der Waals surface area contributed by atoms with Crippen LogP contribution in [-0.2, 0) is 14.4 Å². The highest BCUT2D eigenvalue weighted by Gasteiger charge is 2.47. The standard InChI is InChI=1S/C20H23N3O4/c1-12(24)21-14-4-2-13(3-5-14)20(27)22-15-6-7-16(22)11-17(10-15)23-18(25)8-9-19(23)26/h2-5,15-17H,6-11H2,1H3,(H,21,24). The Morgan fingerprint density at radius 2 is 1.48 bits per heavy atom. The van der Waals surface area contributed by atoms with Gasteiger partial charge >= 0.3 is 0 Å². The molecule has 1 aromatic carbocycles. The van der Waals surface area contributed by atoms with Gasteiger partial charge in [0.2, 0.25) is 17.7 Å². The number of piperidine rings is 1. The molecule has 3 fully saturated rings. The van der Waals surface area contributed by atoms with Crippen LogP contribution < -0.4 is 5.32 Å². The summed E-state index contributed by atoms with van der Waals surface area (Å²) in [6.45, 7) is 1.44. The molecule has 1 aromatic rings. The van der Waals surface area contributed by atoms with Crippen LogP contribution in [0.5, 0.6) is 0 Å². The molecule has 27 heavy (non-hydrogen) atoms. The number of imide groups is 1. The number of carbonyl (C=O) groups is 4. The summed E-state index contributed by atoms with van der Waals surface area (Å²) >= 11 is 0. The normalized spacial score (nSPS) is 27.2. The quantitative estimate of drug-likeness (QED) is 0.825. The minimum absolute atomic E-state index is 0.0191. The van der Waals surface area contributed by atoms with Crippen LogP contribution in [0.3, 0.4) is 0 Å². The van der Waals surface area contributed by atoms with Crippen LogP contribution in [0.1, 0.15) is 55.8 Å². The van der Waals surface area contributed by atoms with Gasteiger partial charge in [-0.25, -0.2) is 0 Å². The van der Waals surface area contributed by atoms with Crippen LogP contribution in [0.25, 0.3) is 0 Å². The topological polar surface area (TPSA) is 86.8 Å². The molecule has 4 amide bonds. The lowest BCUT2D eigenvalue weighted by atomic mass is 9.95. The van der Waals surface area contributed by atoms with E-state index in [4.69, 9.17) is 0 Å². The average molecular weight is 369 g/mol. The summed E-state index contributed by atoms with van der Waals surface area (Å²) in [5, 5.41) is 2.69. The van der Waals surface area contributed by atoms with Crippen molar-refractivity contribution in [1.29, 1.82) is 0 Å². The SMILES string of the molecule is CC(=O)Nc1ccc(C(=O)N2C3CCC2CC(N2C(=O)CCC2=O)C3)cc1. The lowest BCUT2D eigenvalue weighted by Crippen LogP contribution is -2.53. The summed E-state index contributed by atoms with van der Waals surface area (Å²) in [5.74, 6) is -0.315. The van der Waals surface area contributed by atoms with Gasteiger partial charge in [0.25, 0.3) is 5.91 Å². The van der Waals surface area contributed by atoms with Crippen LogP contribution >= 0.6 is 0 Å². The third-order valence-electron chi connectivity index (χ3n) is 5.85. The molecule has 142 valence electrons. The van der Waals surface area contributed by atoms with Crippen molar-refractivity contribution in [2.24, 2.45) is 0 Å². The first-order valence-electron chi connectivity index (χ1n) is 9.49. The summed E-state index contributed by atoms with van der Waals surface area (Å²) in [7, 11) is 0. The highest BCUT2D eigenvalue weighted by molar-refractivity contribution is 6.02. The second kappa shape index (κ2) is 6.79. The molecule has 4 rings (SSSR count). The fraction of sp³-hybridized carbons (Fsp3) is 0.500. The van der Waals surface area contributed by atoms with Crippen molar-refractivity contribution >= 4 is 29.3 Å². The Morgan fingerprint density at radius 3 is 2.00 bits per heavy atom. The molecule has 2 atom stereocenters. The summed E-state index contributed by atoms with van der Waals surface area (Å²) in [4.78, 5) is 51.7. The molecule has 3 aliphatic heterocycles. The largest absolute Gasteiger partial charge is 0.333 e. The van der Waals surface area contributed by atoms with E-state index in [-0.39, 0.29) is 41.8 Å². The number of benzene rings is 1. The van der Waals surface area contributed by atoms with Crippen molar-refractivity contribution in [3.05, 3.63) is 29.8 Å². The van der Waals surface area contributed by atoms with E-state index in [1.807, 2.05) is 4.90 Å². The molecule has 0 radical (unpaired) electrons. The van der Waals surface area contributed by atoms with Gasteiger partial charge < -0.3 is 10.2 Å². The molecule has 0 aromatic heterocycles. The number of anilines is 1. The van der Waals surface area contributed by atoms with E-state index in [1.165, 1.54) is 11.8 Å². The van der Waals surface area contributed by atoms with Crippen molar-refractivity contribution in [2.75, 3.05) is 5.32 Å². The summed E-state index contributed by atoms with van der Waals surface area (Å²) < 4.78 is 0. The third-order valence-corrected chi connectivity index (χ3v) is 5.85. The fourth-order valence-electron chi connectivity index (χ4n) is 4.74. The second-order valence-electron chi connectivity index (χ2n) is 7.64. The molecule has 7 heteroatoms. The van der Waals surface area contributed by atoms with Gasteiger partial charge in [0.05, 0.1) is 0 Å². The zero-order valence-corrected chi connectivity index (χ0v) is 15.3. The van der Waals surface area contributed by atoms with Gasteiger partial charge in [-0.05, 0) is 49.9 Å². The molecular formula is C20H23N3O4. The molecule has 3 heterocycles.